The van der Waals surface area contributed by atoms with E-state index in [-0.39, 0.29) is 11.5 Å². The zero-order valence-corrected chi connectivity index (χ0v) is 13.5. The summed E-state index contributed by atoms with van der Waals surface area (Å²) in [7, 11) is 0. The van der Waals surface area contributed by atoms with Crippen LogP contribution in [-0.2, 0) is 0 Å². The summed E-state index contributed by atoms with van der Waals surface area (Å²) in [5, 5.41) is 8.22. The molecule has 0 atom stereocenters. The van der Waals surface area contributed by atoms with Gasteiger partial charge in [0, 0.05) is 11.1 Å². The van der Waals surface area contributed by atoms with Gasteiger partial charge in [-0.25, -0.2) is 0 Å². The summed E-state index contributed by atoms with van der Waals surface area (Å²) in [5.41, 5.74) is 4.69. The predicted octanol–water partition coefficient (Wildman–Crippen LogP) is 5.11. The molecule has 0 aliphatic carbocycles. The second-order valence-electron chi connectivity index (χ2n) is 7.07. The summed E-state index contributed by atoms with van der Waals surface area (Å²) in [4.78, 5) is 0. The molecule has 0 fully saturated rings. The quantitative estimate of drug-likeness (QED) is 0.518. The van der Waals surface area contributed by atoms with E-state index in [9.17, 15) is 0 Å². The fourth-order valence-corrected chi connectivity index (χ4v) is 2.30. The van der Waals surface area contributed by atoms with Crippen LogP contribution >= 0.6 is 0 Å². The highest BCUT2D eigenvalue weighted by Crippen LogP contribution is 2.37. The number of nitrogens with one attached hydrogen (secondary N) is 1. The van der Waals surface area contributed by atoms with Gasteiger partial charge in [-0.2, -0.15) is 5.11 Å². The lowest BCUT2D eigenvalue weighted by Crippen LogP contribution is -2.28. The van der Waals surface area contributed by atoms with Crippen LogP contribution in [0, 0.1) is 10.8 Å². The molecule has 0 aliphatic heterocycles. The Hall–Kier alpha value is -0.860. The van der Waals surface area contributed by atoms with E-state index >= 15 is 0 Å². The molecule has 0 saturated carbocycles. The highest BCUT2D eigenvalue weighted by molar-refractivity contribution is 5.10. The molecule has 0 radical (unpaired) electrons. The Morgan fingerprint density at radius 2 is 1.72 bits per heavy atom. The molecular formula is C15H31N3. The second-order valence-corrected chi connectivity index (χ2v) is 7.07. The number of allylic oxidation sites excluding steroid dienone is 2. The molecule has 106 valence electrons. The van der Waals surface area contributed by atoms with Crippen LogP contribution in [0.4, 0.5) is 0 Å². The van der Waals surface area contributed by atoms with Crippen LogP contribution < -0.4 is 5.43 Å². The van der Waals surface area contributed by atoms with Gasteiger partial charge in [-0.3, -0.25) is 5.43 Å². The normalized spacial score (nSPS) is 14.6. The van der Waals surface area contributed by atoms with Crippen molar-refractivity contribution >= 4 is 0 Å². The lowest BCUT2D eigenvalue weighted by molar-refractivity contribution is 0.239. The molecule has 0 aromatic heterocycles. The maximum Gasteiger partial charge on any atom is 0.0673 e. The van der Waals surface area contributed by atoms with E-state index < -0.39 is 0 Å². The minimum atomic E-state index is 0.0876. The summed E-state index contributed by atoms with van der Waals surface area (Å²) >= 11 is 0. The van der Waals surface area contributed by atoms with Crippen molar-refractivity contribution in [2.45, 2.75) is 74.3 Å². The first-order valence-corrected chi connectivity index (χ1v) is 6.95. The number of hydrogen-bond donors (Lipinski definition) is 1. The maximum atomic E-state index is 4.13. The second kappa shape index (κ2) is 6.91. The molecule has 0 aromatic carbocycles. The summed E-state index contributed by atoms with van der Waals surface area (Å²) in [6.45, 7) is 17.5. The van der Waals surface area contributed by atoms with Crippen LogP contribution in [0.15, 0.2) is 22.1 Å². The summed E-state index contributed by atoms with van der Waals surface area (Å²) in [5.74, 6) is 0. The first-order chi connectivity index (χ1) is 8.08. The minimum absolute atomic E-state index is 0.0876. The summed E-state index contributed by atoms with van der Waals surface area (Å²) in [6.07, 6.45) is 4.33. The Labute approximate surface area is 113 Å². The fourth-order valence-electron chi connectivity index (χ4n) is 2.30. The average molecular weight is 253 g/mol. The van der Waals surface area contributed by atoms with E-state index in [1.807, 2.05) is 13.8 Å². The Morgan fingerprint density at radius 1 is 1.17 bits per heavy atom. The Balaban J connectivity index is 4.83. The lowest BCUT2D eigenvalue weighted by Gasteiger charge is -2.34. The molecule has 0 amide bonds. The van der Waals surface area contributed by atoms with E-state index in [1.54, 1.807) is 0 Å². The highest BCUT2D eigenvalue weighted by Gasteiger charge is 2.29. The van der Waals surface area contributed by atoms with Crippen molar-refractivity contribution in [1.82, 2.24) is 5.43 Å². The van der Waals surface area contributed by atoms with Crippen LogP contribution in [0.5, 0.6) is 0 Å². The molecule has 3 nitrogen and oxygen atoms in total. The average Bonchev–Trinajstić information content (AvgIpc) is 2.12. The van der Waals surface area contributed by atoms with Crippen LogP contribution in [-0.4, -0.2) is 6.04 Å². The molecule has 18 heavy (non-hydrogen) atoms. The zero-order valence-electron chi connectivity index (χ0n) is 13.5. The molecule has 0 rings (SSSR count). The van der Waals surface area contributed by atoms with Crippen molar-refractivity contribution in [1.29, 1.82) is 0 Å². The number of hydrogen-bond acceptors (Lipinski definition) is 2. The Kier molecular flexibility index (Phi) is 6.58. The molecule has 0 bridgehead atoms. The topological polar surface area (TPSA) is 36.8 Å². The maximum absolute atomic E-state index is 4.13. The van der Waals surface area contributed by atoms with Crippen molar-refractivity contribution in [3.05, 3.63) is 11.8 Å². The van der Waals surface area contributed by atoms with Crippen molar-refractivity contribution in [2.24, 2.45) is 21.2 Å². The van der Waals surface area contributed by atoms with Gasteiger partial charge in [-0.05, 0) is 32.1 Å². The first kappa shape index (κ1) is 17.1. The minimum Gasteiger partial charge on any atom is -0.264 e. The molecule has 0 aliphatic rings. The monoisotopic (exact) mass is 253 g/mol. The zero-order chi connectivity index (χ0) is 14.4. The van der Waals surface area contributed by atoms with Crippen LogP contribution in [0.3, 0.4) is 0 Å². The van der Waals surface area contributed by atoms with E-state index in [1.165, 1.54) is 5.70 Å². The van der Waals surface area contributed by atoms with Crippen molar-refractivity contribution < 1.29 is 0 Å². The lowest BCUT2D eigenvalue weighted by atomic mass is 9.74. The molecule has 3 heteroatoms. The SMILES string of the molecule is CC/C=C(\NN=NC(C)C)C(C)(C)CC(C)(C)C. The molecule has 0 spiro atoms. The van der Waals surface area contributed by atoms with E-state index in [4.69, 9.17) is 0 Å². The van der Waals surface area contributed by atoms with Crippen LogP contribution in [0.25, 0.3) is 0 Å². The van der Waals surface area contributed by atoms with Gasteiger partial charge in [0.25, 0.3) is 0 Å². The Morgan fingerprint density at radius 3 is 2.11 bits per heavy atom. The van der Waals surface area contributed by atoms with Crippen LogP contribution in [0.1, 0.15) is 68.2 Å². The van der Waals surface area contributed by atoms with Gasteiger partial charge >= 0.3 is 0 Å². The third-order valence-corrected chi connectivity index (χ3v) is 2.57. The predicted molar refractivity (Wildman–Crippen MR) is 79.4 cm³/mol. The molecule has 0 unspecified atom stereocenters. The smallest absolute Gasteiger partial charge is 0.0673 e. The highest BCUT2D eigenvalue weighted by atomic mass is 15.4. The molecule has 0 saturated heterocycles. The molecular weight excluding hydrogens is 222 g/mol. The fraction of sp³-hybridized carbons (Fsp3) is 0.867. The van der Waals surface area contributed by atoms with E-state index in [0.717, 1.165) is 12.8 Å². The summed E-state index contributed by atoms with van der Waals surface area (Å²) in [6, 6.07) is 0.228. The van der Waals surface area contributed by atoms with Gasteiger partial charge in [-0.15, -0.1) is 0 Å². The number of nitrogens with zero attached hydrogens (tertiary/aromatic N) is 2. The van der Waals surface area contributed by atoms with Crippen molar-refractivity contribution in [2.75, 3.05) is 0 Å². The van der Waals surface area contributed by atoms with Gasteiger partial charge in [0.1, 0.15) is 0 Å². The van der Waals surface area contributed by atoms with Crippen molar-refractivity contribution in [3.63, 3.8) is 0 Å². The standard InChI is InChI=1S/C15H31N3/c1-9-10-13(17-18-16-12(2)3)15(7,8)11-14(4,5)6/h10,12H,9,11H2,1-8H3,(H,16,17)/b13-10-. The van der Waals surface area contributed by atoms with Gasteiger partial charge in [-0.1, -0.05) is 52.8 Å². The van der Waals surface area contributed by atoms with Gasteiger partial charge < -0.3 is 0 Å². The molecule has 1 N–H and O–H groups in total. The molecule has 0 heterocycles. The van der Waals surface area contributed by atoms with E-state index in [0.29, 0.717) is 5.41 Å². The third kappa shape index (κ3) is 7.46. The van der Waals surface area contributed by atoms with Gasteiger partial charge in [0.2, 0.25) is 0 Å². The summed E-state index contributed by atoms with van der Waals surface area (Å²) < 4.78 is 0. The van der Waals surface area contributed by atoms with Gasteiger partial charge in [0.05, 0.1) is 6.04 Å². The number of rotatable bonds is 6. The van der Waals surface area contributed by atoms with Crippen LogP contribution in [0.2, 0.25) is 0 Å². The largest absolute Gasteiger partial charge is 0.264 e. The first-order valence-electron chi connectivity index (χ1n) is 6.95. The van der Waals surface area contributed by atoms with Crippen molar-refractivity contribution in [3.8, 4) is 0 Å². The Bertz CT molecular complexity index is 293. The van der Waals surface area contributed by atoms with Gasteiger partial charge in [0.15, 0.2) is 0 Å². The van der Waals surface area contributed by atoms with E-state index in [2.05, 4.69) is 63.4 Å². The third-order valence-electron chi connectivity index (χ3n) is 2.57. The molecule has 0 aromatic rings.